The Bertz CT molecular complexity index is 274. The number of nitrogens with two attached hydrogens (primary N) is 1. The van der Waals surface area contributed by atoms with Crippen LogP contribution >= 0.6 is 0 Å². The molecule has 1 aliphatic heterocycles. The van der Waals surface area contributed by atoms with Gasteiger partial charge in [0.25, 0.3) is 0 Å². The lowest BCUT2D eigenvalue weighted by Gasteiger charge is -2.36. The summed E-state index contributed by atoms with van der Waals surface area (Å²) >= 11 is 0. The summed E-state index contributed by atoms with van der Waals surface area (Å²) in [5, 5.41) is 3.19. The highest BCUT2D eigenvalue weighted by Crippen LogP contribution is 2.20. The Morgan fingerprint density at radius 2 is 1.94 bits per heavy atom. The van der Waals surface area contributed by atoms with Gasteiger partial charge in [0, 0.05) is 25.2 Å². The predicted octanol–water partition coefficient (Wildman–Crippen LogP) is 2.09. The van der Waals surface area contributed by atoms with Gasteiger partial charge in [-0.05, 0) is 38.5 Å². The molecule has 1 saturated heterocycles. The van der Waals surface area contributed by atoms with Crippen LogP contribution in [0.15, 0.2) is 0 Å². The normalized spacial score (nSPS) is 27.9. The molecule has 2 unspecified atom stereocenters. The van der Waals surface area contributed by atoms with Crippen molar-refractivity contribution in [3.8, 4) is 0 Å². The van der Waals surface area contributed by atoms with Gasteiger partial charge in [-0.3, -0.25) is 0 Å². The molecule has 3 N–H and O–H groups in total. The first-order valence-corrected chi connectivity index (χ1v) is 7.48. The van der Waals surface area contributed by atoms with E-state index in [0.29, 0.717) is 12.0 Å². The SMILES string of the molecule is CC(N)C1CCCN(C(=O)NC2CCCCC2)C1. The van der Waals surface area contributed by atoms with E-state index in [1.165, 1.54) is 19.3 Å². The van der Waals surface area contributed by atoms with Gasteiger partial charge in [-0.1, -0.05) is 19.3 Å². The van der Waals surface area contributed by atoms with E-state index in [9.17, 15) is 4.79 Å². The zero-order chi connectivity index (χ0) is 13.0. The van der Waals surface area contributed by atoms with Crippen LogP contribution in [0.4, 0.5) is 4.79 Å². The van der Waals surface area contributed by atoms with E-state index in [1.807, 2.05) is 11.8 Å². The number of nitrogens with zero attached hydrogens (tertiary/aromatic N) is 1. The fourth-order valence-electron chi connectivity index (χ4n) is 3.14. The maximum absolute atomic E-state index is 12.2. The average Bonchev–Trinajstić information content (AvgIpc) is 2.40. The first-order chi connectivity index (χ1) is 8.66. The van der Waals surface area contributed by atoms with Crippen molar-refractivity contribution in [2.24, 2.45) is 11.7 Å². The van der Waals surface area contributed by atoms with Crippen molar-refractivity contribution in [1.29, 1.82) is 0 Å². The van der Waals surface area contributed by atoms with Crippen LogP contribution in [0.2, 0.25) is 0 Å². The van der Waals surface area contributed by atoms with Gasteiger partial charge in [0.1, 0.15) is 0 Å². The van der Waals surface area contributed by atoms with Gasteiger partial charge in [-0.2, -0.15) is 0 Å². The molecule has 2 atom stereocenters. The van der Waals surface area contributed by atoms with Crippen LogP contribution < -0.4 is 11.1 Å². The lowest BCUT2D eigenvalue weighted by atomic mass is 9.92. The maximum Gasteiger partial charge on any atom is 0.317 e. The molecular formula is C14H27N3O. The molecule has 0 aromatic rings. The summed E-state index contributed by atoms with van der Waals surface area (Å²) < 4.78 is 0. The Kier molecular flexibility index (Phi) is 4.87. The first kappa shape index (κ1) is 13.7. The number of nitrogens with one attached hydrogen (secondary N) is 1. The highest BCUT2D eigenvalue weighted by Gasteiger charge is 2.27. The summed E-state index contributed by atoms with van der Waals surface area (Å²) in [4.78, 5) is 14.2. The molecule has 0 radical (unpaired) electrons. The molecule has 2 aliphatic rings. The number of urea groups is 1. The maximum atomic E-state index is 12.2. The Labute approximate surface area is 110 Å². The number of amides is 2. The number of carbonyl (C=O) groups excluding carboxylic acids is 1. The second-order valence-electron chi connectivity index (χ2n) is 5.99. The molecule has 2 amide bonds. The highest BCUT2D eigenvalue weighted by molar-refractivity contribution is 5.74. The van der Waals surface area contributed by atoms with Crippen LogP contribution in [0.25, 0.3) is 0 Å². The Balaban J connectivity index is 1.80. The van der Waals surface area contributed by atoms with Crippen molar-refractivity contribution in [3.05, 3.63) is 0 Å². The molecule has 2 fully saturated rings. The topological polar surface area (TPSA) is 58.4 Å². The van der Waals surface area contributed by atoms with Gasteiger partial charge in [0.05, 0.1) is 0 Å². The second kappa shape index (κ2) is 6.41. The van der Waals surface area contributed by atoms with Crippen LogP contribution in [-0.2, 0) is 0 Å². The number of hydrogen-bond acceptors (Lipinski definition) is 2. The molecule has 0 aromatic heterocycles. The van der Waals surface area contributed by atoms with Gasteiger partial charge in [0.15, 0.2) is 0 Å². The predicted molar refractivity (Wildman–Crippen MR) is 73.4 cm³/mol. The third-order valence-corrected chi connectivity index (χ3v) is 4.42. The van der Waals surface area contributed by atoms with Crippen molar-refractivity contribution in [3.63, 3.8) is 0 Å². The van der Waals surface area contributed by atoms with Crippen LogP contribution in [0.3, 0.4) is 0 Å². The summed E-state index contributed by atoms with van der Waals surface area (Å²) in [6.07, 6.45) is 8.38. The van der Waals surface area contributed by atoms with E-state index in [-0.39, 0.29) is 12.1 Å². The summed E-state index contributed by atoms with van der Waals surface area (Å²) in [5.41, 5.74) is 5.96. The first-order valence-electron chi connectivity index (χ1n) is 7.48. The van der Waals surface area contributed by atoms with Crippen molar-refractivity contribution < 1.29 is 4.79 Å². The highest BCUT2D eigenvalue weighted by atomic mass is 16.2. The van der Waals surface area contributed by atoms with Crippen LogP contribution in [0.5, 0.6) is 0 Å². The number of likely N-dealkylation sites (tertiary alicyclic amines) is 1. The molecule has 0 spiro atoms. The summed E-state index contributed by atoms with van der Waals surface area (Å²) in [7, 11) is 0. The third kappa shape index (κ3) is 3.61. The van der Waals surface area contributed by atoms with E-state index in [1.54, 1.807) is 0 Å². The van der Waals surface area contributed by atoms with Gasteiger partial charge >= 0.3 is 6.03 Å². The standard InChI is InChI=1S/C14H27N3O/c1-11(15)12-6-5-9-17(10-12)14(18)16-13-7-3-2-4-8-13/h11-13H,2-10,15H2,1H3,(H,16,18). The zero-order valence-electron chi connectivity index (χ0n) is 11.5. The number of piperidine rings is 1. The molecule has 4 nitrogen and oxygen atoms in total. The minimum atomic E-state index is 0.132. The van der Waals surface area contributed by atoms with Gasteiger partial charge in [-0.15, -0.1) is 0 Å². The average molecular weight is 253 g/mol. The lowest BCUT2D eigenvalue weighted by Crippen LogP contribution is -2.51. The molecular weight excluding hydrogens is 226 g/mol. The molecule has 1 saturated carbocycles. The summed E-state index contributed by atoms with van der Waals surface area (Å²) in [6.45, 7) is 3.77. The van der Waals surface area contributed by atoms with Gasteiger partial charge in [-0.25, -0.2) is 4.79 Å². The summed E-state index contributed by atoms with van der Waals surface area (Å²) in [5.74, 6) is 0.468. The van der Waals surface area contributed by atoms with Crippen molar-refractivity contribution in [2.75, 3.05) is 13.1 Å². The van der Waals surface area contributed by atoms with Crippen LogP contribution in [0.1, 0.15) is 51.9 Å². The van der Waals surface area contributed by atoms with E-state index in [4.69, 9.17) is 5.73 Å². The van der Waals surface area contributed by atoms with Crippen molar-refractivity contribution >= 4 is 6.03 Å². The van der Waals surface area contributed by atoms with Crippen LogP contribution in [-0.4, -0.2) is 36.1 Å². The van der Waals surface area contributed by atoms with Crippen molar-refractivity contribution in [1.82, 2.24) is 10.2 Å². The van der Waals surface area contributed by atoms with E-state index >= 15 is 0 Å². The fraction of sp³-hybridized carbons (Fsp3) is 0.929. The quantitative estimate of drug-likeness (QED) is 0.791. The van der Waals surface area contributed by atoms with Crippen molar-refractivity contribution in [2.45, 2.75) is 64.0 Å². The van der Waals surface area contributed by atoms with E-state index < -0.39 is 0 Å². The smallest absolute Gasteiger partial charge is 0.317 e. The molecule has 1 aliphatic carbocycles. The molecule has 0 aromatic carbocycles. The second-order valence-corrected chi connectivity index (χ2v) is 5.99. The molecule has 104 valence electrons. The molecule has 2 rings (SSSR count). The third-order valence-electron chi connectivity index (χ3n) is 4.42. The Hall–Kier alpha value is -0.770. The van der Waals surface area contributed by atoms with Crippen LogP contribution in [0, 0.1) is 5.92 Å². The zero-order valence-corrected chi connectivity index (χ0v) is 11.5. The molecule has 18 heavy (non-hydrogen) atoms. The number of hydrogen-bond donors (Lipinski definition) is 2. The summed E-state index contributed by atoms with van der Waals surface area (Å²) in [6, 6.07) is 0.726. The monoisotopic (exact) mass is 253 g/mol. The van der Waals surface area contributed by atoms with Gasteiger partial charge < -0.3 is 16.0 Å². The molecule has 4 heteroatoms. The minimum absolute atomic E-state index is 0.132. The lowest BCUT2D eigenvalue weighted by molar-refractivity contribution is 0.153. The fourth-order valence-corrected chi connectivity index (χ4v) is 3.14. The van der Waals surface area contributed by atoms with E-state index in [0.717, 1.165) is 38.8 Å². The Morgan fingerprint density at radius 3 is 2.61 bits per heavy atom. The molecule has 0 bridgehead atoms. The number of carbonyl (C=O) groups is 1. The largest absolute Gasteiger partial charge is 0.335 e. The minimum Gasteiger partial charge on any atom is -0.335 e. The number of rotatable bonds is 2. The van der Waals surface area contributed by atoms with Gasteiger partial charge in [0.2, 0.25) is 0 Å². The Morgan fingerprint density at radius 1 is 1.22 bits per heavy atom. The van der Waals surface area contributed by atoms with E-state index in [2.05, 4.69) is 5.32 Å². The molecule has 1 heterocycles.